The van der Waals surface area contributed by atoms with E-state index in [0.29, 0.717) is 6.54 Å². The molecule has 19 heavy (non-hydrogen) atoms. The summed E-state index contributed by atoms with van der Waals surface area (Å²) in [6, 6.07) is 0. The number of anilines is 1. The Kier molecular flexibility index (Phi) is 5.84. The van der Waals surface area contributed by atoms with E-state index in [1.807, 2.05) is 6.92 Å². The molecule has 1 N–H and O–H groups in total. The highest BCUT2D eigenvalue weighted by molar-refractivity contribution is 9.10. The lowest BCUT2D eigenvalue weighted by atomic mass is 10.3. The molecule has 108 valence electrons. The summed E-state index contributed by atoms with van der Waals surface area (Å²) in [5, 5.41) is 6.47. The number of hydrogen-bond donors (Lipinski definition) is 1. The predicted molar refractivity (Wildman–Crippen MR) is 70.3 cm³/mol. The van der Waals surface area contributed by atoms with Crippen LogP contribution >= 0.6 is 15.9 Å². The van der Waals surface area contributed by atoms with Crippen LogP contribution in [0.2, 0.25) is 0 Å². The first kappa shape index (κ1) is 16.0. The predicted octanol–water partition coefficient (Wildman–Crippen LogP) is 3.17. The van der Waals surface area contributed by atoms with Crippen molar-refractivity contribution in [1.82, 2.24) is 9.78 Å². The van der Waals surface area contributed by atoms with Crippen LogP contribution < -0.4 is 10.9 Å². The van der Waals surface area contributed by atoms with Crippen molar-refractivity contribution in [2.75, 3.05) is 11.9 Å². The van der Waals surface area contributed by atoms with Crippen molar-refractivity contribution in [3.63, 3.8) is 0 Å². The minimum Gasteiger partial charge on any atom is -0.382 e. The average Bonchev–Trinajstić information content (AvgIpc) is 2.32. The number of aromatic nitrogens is 2. The van der Waals surface area contributed by atoms with Crippen molar-refractivity contribution in [3.8, 4) is 0 Å². The molecule has 1 aromatic rings. The highest BCUT2D eigenvalue weighted by Crippen LogP contribution is 2.21. The minimum absolute atomic E-state index is 0.209. The summed E-state index contributed by atoms with van der Waals surface area (Å²) in [6.07, 6.45) is -2.07. The summed E-state index contributed by atoms with van der Waals surface area (Å²) >= 11 is 3.09. The van der Waals surface area contributed by atoms with Gasteiger partial charge in [-0.3, -0.25) is 4.79 Å². The Morgan fingerprint density at radius 2 is 2.16 bits per heavy atom. The second kappa shape index (κ2) is 6.93. The van der Waals surface area contributed by atoms with E-state index in [-0.39, 0.29) is 22.3 Å². The molecular weight excluding hydrogens is 327 g/mol. The van der Waals surface area contributed by atoms with E-state index < -0.39 is 12.6 Å². The van der Waals surface area contributed by atoms with Crippen molar-refractivity contribution in [3.05, 3.63) is 21.0 Å². The second-order valence-corrected chi connectivity index (χ2v) is 4.84. The number of nitrogens with one attached hydrogen (secondary N) is 1. The van der Waals surface area contributed by atoms with Gasteiger partial charge in [-0.1, -0.05) is 13.3 Å². The Labute approximate surface area is 117 Å². The second-order valence-electron chi connectivity index (χ2n) is 4.05. The lowest BCUT2D eigenvalue weighted by Gasteiger charge is -2.11. The van der Waals surface area contributed by atoms with Crippen molar-refractivity contribution in [2.45, 2.75) is 38.9 Å². The van der Waals surface area contributed by atoms with Gasteiger partial charge >= 0.3 is 6.18 Å². The summed E-state index contributed by atoms with van der Waals surface area (Å²) in [4.78, 5) is 11.8. The zero-order valence-electron chi connectivity index (χ0n) is 10.4. The topological polar surface area (TPSA) is 46.9 Å². The molecular formula is C11H15BrF3N3O. The smallest absolute Gasteiger partial charge is 0.382 e. The molecule has 8 heteroatoms. The van der Waals surface area contributed by atoms with Gasteiger partial charge in [0.2, 0.25) is 0 Å². The van der Waals surface area contributed by atoms with Crippen molar-refractivity contribution < 1.29 is 13.2 Å². The minimum atomic E-state index is -4.22. The standard InChI is InChI=1S/C11H15BrF3N3O/c1-2-3-6-18-10(19)9(12)8(7-17-18)16-5-4-11(13,14)15/h7,16H,2-6H2,1H3. The summed E-state index contributed by atoms with van der Waals surface area (Å²) in [7, 11) is 0. The van der Waals surface area contributed by atoms with Gasteiger partial charge < -0.3 is 5.32 Å². The fourth-order valence-electron chi connectivity index (χ4n) is 1.39. The molecule has 0 spiro atoms. The van der Waals surface area contributed by atoms with Crippen molar-refractivity contribution in [1.29, 1.82) is 0 Å². The fourth-order valence-corrected chi connectivity index (χ4v) is 1.84. The van der Waals surface area contributed by atoms with Crippen LogP contribution in [0.5, 0.6) is 0 Å². The molecule has 0 saturated heterocycles. The van der Waals surface area contributed by atoms with Crippen molar-refractivity contribution in [2.24, 2.45) is 0 Å². The third-order valence-corrected chi connectivity index (χ3v) is 3.20. The Hall–Kier alpha value is -1.05. The van der Waals surface area contributed by atoms with E-state index >= 15 is 0 Å². The molecule has 0 radical (unpaired) electrons. The van der Waals surface area contributed by atoms with Gasteiger partial charge in [0.1, 0.15) is 4.47 Å². The maximum Gasteiger partial charge on any atom is 0.390 e. The van der Waals surface area contributed by atoms with E-state index in [2.05, 4.69) is 26.3 Å². The molecule has 0 amide bonds. The number of nitrogens with zero attached hydrogens (tertiary/aromatic N) is 2. The largest absolute Gasteiger partial charge is 0.390 e. The van der Waals surface area contributed by atoms with Crippen LogP contribution in [0.25, 0.3) is 0 Å². The number of halogens is 4. The molecule has 0 atom stereocenters. The number of alkyl halides is 3. The third-order valence-electron chi connectivity index (χ3n) is 2.43. The van der Waals surface area contributed by atoms with Gasteiger partial charge in [-0.25, -0.2) is 4.68 Å². The van der Waals surface area contributed by atoms with Crippen LogP contribution in [0.4, 0.5) is 18.9 Å². The molecule has 1 heterocycles. The van der Waals surface area contributed by atoms with E-state index in [0.717, 1.165) is 12.8 Å². The SMILES string of the molecule is CCCCn1ncc(NCCC(F)(F)F)c(Br)c1=O. The van der Waals surface area contributed by atoms with Crippen LogP contribution in [0.3, 0.4) is 0 Å². The highest BCUT2D eigenvalue weighted by atomic mass is 79.9. The van der Waals surface area contributed by atoms with Gasteiger partial charge in [-0.15, -0.1) is 0 Å². The Morgan fingerprint density at radius 1 is 1.47 bits per heavy atom. The molecule has 0 fully saturated rings. The zero-order valence-corrected chi connectivity index (χ0v) is 12.0. The molecule has 4 nitrogen and oxygen atoms in total. The number of aryl methyl sites for hydroxylation is 1. The van der Waals surface area contributed by atoms with Crippen molar-refractivity contribution >= 4 is 21.6 Å². The first-order valence-electron chi connectivity index (χ1n) is 5.91. The van der Waals surface area contributed by atoms with E-state index in [1.165, 1.54) is 10.9 Å². The van der Waals surface area contributed by atoms with E-state index in [1.54, 1.807) is 0 Å². The number of rotatable bonds is 6. The summed E-state index contributed by atoms with van der Waals surface area (Å²) in [5.74, 6) is 0. The van der Waals surface area contributed by atoms with Gasteiger partial charge in [0, 0.05) is 13.1 Å². The maximum atomic E-state index is 12.0. The van der Waals surface area contributed by atoms with Crippen LogP contribution in [0.15, 0.2) is 15.5 Å². The first-order valence-corrected chi connectivity index (χ1v) is 6.70. The van der Waals surface area contributed by atoms with Crippen LogP contribution in [0.1, 0.15) is 26.2 Å². The Balaban J connectivity index is 2.71. The van der Waals surface area contributed by atoms with Gasteiger partial charge in [0.15, 0.2) is 0 Å². The van der Waals surface area contributed by atoms with Gasteiger partial charge in [-0.2, -0.15) is 18.3 Å². The Bertz CT molecular complexity index is 473. The zero-order chi connectivity index (χ0) is 14.5. The van der Waals surface area contributed by atoms with Gasteiger partial charge in [0.05, 0.1) is 18.3 Å². The fraction of sp³-hybridized carbons (Fsp3) is 0.636. The molecule has 1 rings (SSSR count). The molecule has 0 aliphatic carbocycles. The summed E-state index contributed by atoms with van der Waals surface area (Å²) < 4.78 is 37.5. The quantitative estimate of drug-likeness (QED) is 0.864. The van der Waals surface area contributed by atoms with Crippen LogP contribution in [0, 0.1) is 0 Å². The van der Waals surface area contributed by atoms with Gasteiger partial charge in [-0.05, 0) is 22.4 Å². The lowest BCUT2D eigenvalue weighted by Crippen LogP contribution is -2.25. The van der Waals surface area contributed by atoms with E-state index in [9.17, 15) is 18.0 Å². The molecule has 0 saturated carbocycles. The highest BCUT2D eigenvalue weighted by Gasteiger charge is 2.26. The molecule has 0 unspecified atom stereocenters. The maximum absolute atomic E-state index is 12.0. The average molecular weight is 342 g/mol. The summed E-state index contributed by atoms with van der Waals surface area (Å²) in [6.45, 7) is 2.20. The number of hydrogen-bond acceptors (Lipinski definition) is 3. The molecule has 1 aromatic heterocycles. The lowest BCUT2D eigenvalue weighted by molar-refractivity contribution is -0.131. The number of unbranched alkanes of at least 4 members (excludes halogenated alkanes) is 1. The molecule has 0 aliphatic rings. The van der Waals surface area contributed by atoms with Crippen LogP contribution in [-0.4, -0.2) is 22.5 Å². The third kappa shape index (κ3) is 5.22. The molecule has 0 aliphatic heterocycles. The van der Waals surface area contributed by atoms with E-state index in [4.69, 9.17) is 0 Å². The summed E-state index contributed by atoms with van der Waals surface area (Å²) in [5.41, 5.74) is -0.0625. The van der Waals surface area contributed by atoms with Gasteiger partial charge in [0.25, 0.3) is 5.56 Å². The Morgan fingerprint density at radius 3 is 2.74 bits per heavy atom. The first-order chi connectivity index (χ1) is 8.85. The molecule has 0 aromatic carbocycles. The normalized spacial score (nSPS) is 11.6. The monoisotopic (exact) mass is 341 g/mol. The molecule has 0 bridgehead atoms. The van der Waals surface area contributed by atoms with Crippen LogP contribution in [-0.2, 0) is 6.54 Å².